The Kier molecular flexibility index (Phi) is 5.54. The largest absolute Gasteiger partial charge is 0.480 e. The van der Waals surface area contributed by atoms with Crippen LogP contribution in [-0.2, 0) is 14.8 Å². The Morgan fingerprint density at radius 2 is 1.90 bits per heavy atom. The van der Waals surface area contributed by atoms with Crippen LogP contribution in [0.25, 0.3) is 0 Å². The van der Waals surface area contributed by atoms with E-state index in [1.807, 2.05) is 0 Å². The molecule has 0 aromatic heterocycles. The van der Waals surface area contributed by atoms with Crippen molar-refractivity contribution in [1.82, 2.24) is 4.72 Å². The fraction of sp³-hybridized carbons (Fsp3) is 0.846. The molecule has 0 aliphatic heterocycles. The van der Waals surface area contributed by atoms with Gasteiger partial charge >= 0.3 is 5.97 Å². The molecule has 1 aliphatic carbocycles. The second-order valence-corrected chi connectivity index (χ2v) is 7.64. The summed E-state index contributed by atoms with van der Waals surface area (Å²) in [6.45, 7) is 3.28. The van der Waals surface area contributed by atoms with Crippen molar-refractivity contribution in [3.05, 3.63) is 0 Å². The fourth-order valence-corrected chi connectivity index (χ4v) is 4.51. The van der Waals surface area contributed by atoms with E-state index in [1.165, 1.54) is 0 Å². The normalized spacial score (nSPS) is 20.3. The molecule has 0 aromatic carbocycles. The number of nitrogens with one attached hydrogen (secondary N) is 1. The van der Waals surface area contributed by atoms with E-state index in [9.17, 15) is 18.5 Å². The van der Waals surface area contributed by atoms with Gasteiger partial charge in [-0.3, -0.25) is 4.79 Å². The molecule has 0 saturated heterocycles. The van der Waals surface area contributed by atoms with Crippen LogP contribution in [0.1, 0.15) is 46.0 Å². The maximum absolute atomic E-state index is 12.2. The molecule has 1 unspecified atom stereocenters. The van der Waals surface area contributed by atoms with Crippen molar-refractivity contribution in [1.29, 1.82) is 5.26 Å². The van der Waals surface area contributed by atoms with E-state index in [-0.39, 0.29) is 11.7 Å². The highest BCUT2D eigenvalue weighted by Crippen LogP contribution is 2.36. The predicted octanol–water partition coefficient (Wildman–Crippen LogP) is 1.49. The Balaban J connectivity index is 2.83. The second kappa shape index (κ2) is 6.55. The molecule has 0 aromatic rings. The van der Waals surface area contributed by atoms with E-state index in [0.717, 1.165) is 19.3 Å². The third-order valence-corrected chi connectivity index (χ3v) is 5.30. The lowest BCUT2D eigenvalue weighted by Crippen LogP contribution is -2.47. The highest BCUT2D eigenvalue weighted by Gasteiger charge is 2.38. The summed E-state index contributed by atoms with van der Waals surface area (Å²) in [4.78, 5) is 11.1. The van der Waals surface area contributed by atoms with Gasteiger partial charge in [-0.05, 0) is 18.8 Å². The van der Waals surface area contributed by atoms with Crippen molar-refractivity contribution < 1.29 is 18.3 Å². The van der Waals surface area contributed by atoms with E-state index in [1.54, 1.807) is 13.8 Å². The van der Waals surface area contributed by atoms with Crippen LogP contribution in [0.5, 0.6) is 0 Å². The minimum atomic E-state index is -3.79. The lowest BCUT2D eigenvalue weighted by molar-refractivity contribution is -0.140. The standard InChI is InChI=1S/C13H22N2O4S/c1-10(2)11(12(16)17)15-20(18,19)9-13(8-14)6-4-3-5-7-13/h10-11,15H,3-7,9H2,1-2H3,(H,16,17). The summed E-state index contributed by atoms with van der Waals surface area (Å²) in [6.07, 6.45) is 3.82. The zero-order valence-electron chi connectivity index (χ0n) is 11.9. The molecule has 6 nitrogen and oxygen atoms in total. The number of nitrogens with zero attached hydrogens (tertiary/aromatic N) is 1. The summed E-state index contributed by atoms with van der Waals surface area (Å²) in [5, 5.41) is 18.3. The number of hydrogen-bond acceptors (Lipinski definition) is 4. The smallest absolute Gasteiger partial charge is 0.321 e. The third kappa shape index (κ3) is 4.46. The minimum Gasteiger partial charge on any atom is -0.480 e. The Morgan fingerprint density at radius 3 is 2.30 bits per heavy atom. The summed E-state index contributed by atoms with van der Waals surface area (Å²) in [6, 6.07) is 0.985. The van der Waals surface area contributed by atoms with Crippen LogP contribution in [0.4, 0.5) is 0 Å². The Bertz CT molecular complexity index is 487. The van der Waals surface area contributed by atoms with Crippen molar-refractivity contribution >= 4 is 16.0 Å². The zero-order chi connectivity index (χ0) is 15.4. The molecule has 7 heteroatoms. The maximum Gasteiger partial charge on any atom is 0.321 e. The van der Waals surface area contributed by atoms with E-state index in [0.29, 0.717) is 12.8 Å². The van der Waals surface area contributed by atoms with Gasteiger partial charge in [-0.15, -0.1) is 0 Å². The summed E-state index contributed by atoms with van der Waals surface area (Å²) in [5.41, 5.74) is -0.871. The Morgan fingerprint density at radius 1 is 1.35 bits per heavy atom. The SMILES string of the molecule is CC(C)C(NS(=O)(=O)CC1(C#N)CCCCC1)C(=O)O. The van der Waals surface area contributed by atoms with Crippen molar-refractivity contribution in [3.63, 3.8) is 0 Å². The van der Waals surface area contributed by atoms with Gasteiger partial charge in [-0.25, -0.2) is 13.1 Å². The number of carboxylic acid groups (broad SMARTS) is 1. The monoisotopic (exact) mass is 302 g/mol. The summed E-state index contributed by atoms with van der Waals surface area (Å²) >= 11 is 0. The molecule has 0 amide bonds. The molecule has 1 aliphatic rings. The van der Waals surface area contributed by atoms with Gasteiger partial charge < -0.3 is 5.11 Å². The van der Waals surface area contributed by atoms with Crippen LogP contribution in [0.3, 0.4) is 0 Å². The van der Waals surface area contributed by atoms with Crippen LogP contribution in [0.2, 0.25) is 0 Å². The van der Waals surface area contributed by atoms with E-state index < -0.39 is 27.4 Å². The first-order valence-corrected chi connectivity index (χ1v) is 8.51. The van der Waals surface area contributed by atoms with Gasteiger partial charge in [0, 0.05) is 0 Å². The highest BCUT2D eigenvalue weighted by molar-refractivity contribution is 7.89. The lowest BCUT2D eigenvalue weighted by Gasteiger charge is -2.31. The summed E-state index contributed by atoms with van der Waals surface area (Å²) in [5.74, 6) is -1.86. The van der Waals surface area contributed by atoms with Gasteiger partial charge in [0.2, 0.25) is 10.0 Å². The number of aliphatic carboxylic acids is 1. The van der Waals surface area contributed by atoms with Gasteiger partial charge in [0.15, 0.2) is 0 Å². The third-order valence-electron chi connectivity index (χ3n) is 3.75. The average molecular weight is 302 g/mol. The first-order chi connectivity index (χ1) is 9.21. The maximum atomic E-state index is 12.2. The highest BCUT2D eigenvalue weighted by atomic mass is 32.2. The topological polar surface area (TPSA) is 107 Å². The van der Waals surface area contributed by atoms with Gasteiger partial charge in [0.25, 0.3) is 0 Å². The van der Waals surface area contributed by atoms with Crippen molar-refractivity contribution in [2.75, 3.05) is 5.75 Å². The molecular weight excluding hydrogens is 280 g/mol. The lowest BCUT2D eigenvalue weighted by atomic mass is 9.77. The van der Waals surface area contributed by atoms with E-state index in [4.69, 9.17) is 5.11 Å². The fourth-order valence-electron chi connectivity index (χ4n) is 2.59. The number of carboxylic acids is 1. The number of hydrogen-bond donors (Lipinski definition) is 2. The van der Waals surface area contributed by atoms with Gasteiger partial charge in [-0.2, -0.15) is 5.26 Å². The number of nitriles is 1. The predicted molar refractivity (Wildman–Crippen MR) is 74.3 cm³/mol. The molecule has 2 N–H and O–H groups in total. The van der Waals surface area contributed by atoms with Gasteiger partial charge in [-0.1, -0.05) is 33.1 Å². The van der Waals surface area contributed by atoms with Crippen molar-refractivity contribution in [2.45, 2.75) is 52.0 Å². The molecule has 1 fully saturated rings. The molecule has 0 heterocycles. The van der Waals surface area contributed by atoms with E-state index in [2.05, 4.69) is 10.8 Å². The number of rotatable bonds is 6. The first-order valence-electron chi connectivity index (χ1n) is 6.85. The molecule has 114 valence electrons. The van der Waals surface area contributed by atoms with Crippen LogP contribution < -0.4 is 4.72 Å². The van der Waals surface area contributed by atoms with E-state index >= 15 is 0 Å². The molecule has 0 bridgehead atoms. The van der Waals surface area contributed by atoms with Crippen LogP contribution >= 0.6 is 0 Å². The Hall–Kier alpha value is -1.13. The first kappa shape index (κ1) is 16.9. The average Bonchev–Trinajstić information content (AvgIpc) is 2.36. The molecule has 1 atom stereocenters. The molecule has 20 heavy (non-hydrogen) atoms. The van der Waals surface area contributed by atoms with Crippen LogP contribution in [0.15, 0.2) is 0 Å². The minimum absolute atomic E-state index is 0.312. The van der Waals surface area contributed by atoms with Crippen molar-refractivity contribution in [2.24, 2.45) is 11.3 Å². The van der Waals surface area contributed by atoms with Crippen LogP contribution in [0, 0.1) is 22.7 Å². The van der Waals surface area contributed by atoms with Crippen LogP contribution in [-0.4, -0.2) is 31.3 Å². The molecular formula is C13H22N2O4S. The quantitative estimate of drug-likeness (QED) is 0.773. The molecule has 0 radical (unpaired) electrons. The van der Waals surface area contributed by atoms with Crippen molar-refractivity contribution in [3.8, 4) is 6.07 Å². The molecule has 0 spiro atoms. The Labute approximate surface area is 120 Å². The molecule has 1 rings (SSSR count). The van der Waals surface area contributed by atoms with Gasteiger partial charge in [0.1, 0.15) is 6.04 Å². The number of sulfonamides is 1. The molecule has 1 saturated carbocycles. The summed E-state index contributed by atoms with van der Waals surface area (Å²) in [7, 11) is -3.79. The number of carbonyl (C=O) groups is 1. The van der Waals surface area contributed by atoms with Gasteiger partial charge in [0.05, 0.1) is 17.2 Å². The second-order valence-electron chi connectivity index (χ2n) is 5.89. The summed E-state index contributed by atoms with van der Waals surface area (Å²) < 4.78 is 26.5. The zero-order valence-corrected chi connectivity index (χ0v) is 12.7.